The first-order valence-electron chi connectivity index (χ1n) is 6.85. The van der Waals surface area contributed by atoms with Gasteiger partial charge in [-0.25, -0.2) is 13.1 Å². The fourth-order valence-corrected chi connectivity index (χ4v) is 4.79. The van der Waals surface area contributed by atoms with Crippen LogP contribution in [0.5, 0.6) is 0 Å². The monoisotopic (exact) mass is 318 g/mol. The molecule has 2 N–H and O–H groups in total. The molecule has 0 saturated heterocycles. The number of rotatable bonds is 6. The standard InChI is InChI=1S/C13H22N2O3S2/c1-3-15-8-13(7-11(15)9-16)20(17,18)14-10-4-5-12(6-10)19-2/h7-8,10,12,14,16H,3-6,9H2,1-2H3. The van der Waals surface area contributed by atoms with Crippen molar-refractivity contribution < 1.29 is 13.5 Å². The molecule has 0 radical (unpaired) electrons. The van der Waals surface area contributed by atoms with Crippen LogP contribution in [0.25, 0.3) is 0 Å². The van der Waals surface area contributed by atoms with Gasteiger partial charge in [-0.15, -0.1) is 0 Å². The highest BCUT2D eigenvalue weighted by Gasteiger charge is 2.29. The van der Waals surface area contributed by atoms with E-state index in [-0.39, 0.29) is 17.5 Å². The molecular weight excluding hydrogens is 296 g/mol. The molecule has 0 aliphatic heterocycles. The smallest absolute Gasteiger partial charge is 0.242 e. The largest absolute Gasteiger partial charge is 0.390 e. The highest BCUT2D eigenvalue weighted by atomic mass is 32.2. The van der Waals surface area contributed by atoms with Crippen LogP contribution in [-0.2, 0) is 23.2 Å². The van der Waals surface area contributed by atoms with Crippen molar-refractivity contribution in [2.24, 2.45) is 0 Å². The summed E-state index contributed by atoms with van der Waals surface area (Å²) < 4.78 is 29.3. The van der Waals surface area contributed by atoms with Crippen molar-refractivity contribution in [1.82, 2.24) is 9.29 Å². The molecule has 1 aliphatic carbocycles. The van der Waals surface area contributed by atoms with Crippen LogP contribution in [0.3, 0.4) is 0 Å². The van der Waals surface area contributed by atoms with Gasteiger partial charge in [0.2, 0.25) is 10.0 Å². The molecule has 2 rings (SSSR count). The zero-order valence-electron chi connectivity index (χ0n) is 11.9. The van der Waals surface area contributed by atoms with Crippen LogP contribution in [0.1, 0.15) is 31.9 Å². The van der Waals surface area contributed by atoms with Gasteiger partial charge in [0.05, 0.1) is 11.5 Å². The number of nitrogens with one attached hydrogen (secondary N) is 1. The quantitative estimate of drug-likeness (QED) is 0.835. The van der Waals surface area contributed by atoms with Gasteiger partial charge in [0.15, 0.2) is 0 Å². The Labute approximate surface area is 124 Å². The highest BCUT2D eigenvalue weighted by Crippen LogP contribution is 2.29. The molecule has 2 atom stereocenters. The lowest BCUT2D eigenvalue weighted by atomic mass is 10.3. The number of aromatic nitrogens is 1. The van der Waals surface area contributed by atoms with E-state index in [0.29, 0.717) is 17.5 Å². The summed E-state index contributed by atoms with van der Waals surface area (Å²) >= 11 is 1.80. The molecule has 1 aromatic heterocycles. The van der Waals surface area contributed by atoms with Crippen LogP contribution in [0, 0.1) is 0 Å². The van der Waals surface area contributed by atoms with Crippen LogP contribution in [0.4, 0.5) is 0 Å². The van der Waals surface area contributed by atoms with Crippen molar-refractivity contribution in [2.45, 2.75) is 55.5 Å². The van der Waals surface area contributed by atoms with Gasteiger partial charge in [-0.05, 0) is 38.5 Å². The number of hydrogen-bond acceptors (Lipinski definition) is 4. The maximum Gasteiger partial charge on any atom is 0.242 e. The summed E-state index contributed by atoms with van der Waals surface area (Å²) in [5, 5.41) is 9.79. The Bertz CT molecular complexity index is 532. The van der Waals surface area contributed by atoms with Crippen LogP contribution in [0.2, 0.25) is 0 Å². The Morgan fingerprint density at radius 3 is 2.75 bits per heavy atom. The Morgan fingerprint density at radius 2 is 2.25 bits per heavy atom. The van der Waals surface area contributed by atoms with Gasteiger partial charge in [-0.1, -0.05) is 0 Å². The van der Waals surface area contributed by atoms with Crippen LogP contribution in [-0.4, -0.2) is 35.6 Å². The van der Waals surface area contributed by atoms with Crippen molar-refractivity contribution in [1.29, 1.82) is 0 Å². The van der Waals surface area contributed by atoms with Crippen molar-refractivity contribution in [2.75, 3.05) is 6.26 Å². The summed E-state index contributed by atoms with van der Waals surface area (Å²) in [7, 11) is -3.49. The molecule has 7 heteroatoms. The number of aryl methyl sites for hydroxylation is 1. The average Bonchev–Trinajstić information content (AvgIpc) is 3.03. The molecule has 0 amide bonds. The van der Waals surface area contributed by atoms with E-state index in [1.165, 1.54) is 0 Å². The first kappa shape index (κ1) is 15.9. The van der Waals surface area contributed by atoms with Gasteiger partial charge >= 0.3 is 0 Å². The number of thioether (sulfide) groups is 1. The number of hydrogen-bond donors (Lipinski definition) is 2. The van der Waals surface area contributed by atoms with Gasteiger partial charge in [-0.2, -0.15) is 11.8 Å². The van der Waals surface area contributed by atoms with Crippen LogP contribution >= 0.6 is 11.8 Å². The molecule has 1 heterocycles. The van der Waals surface area contributed by atoms with Gasteiger partial charge in [0, 0.05) is 29.7 Å². The molecule has 20 heavy (non-hydrogen) atoms. The van der Waals surface area contributed by atoms with Crippen LogP contribution < -0.4 is 4.72 Å². The Balaban J connectivity index is 2.12. The molecule has 1 aliphatic rings. The van der Waals surface area contributed by atoms with E-state index >= 15 is 0 Å². The van der Waals surface area contributed by atoms with E-state index in [1.807, 2.05) is 6.92 Å². The molecule has 0 aromatic carbocycles. The molecule has 1 saturated carbocycles. The number of nitrogens with zero attached hydrogens (tertiary/aromatic N) is 1. The first-order valence-corrected chi connectivity index (χ1v) is 9.62. The van der Waals surface area contributed by atoms with Crippen molar-refractivity contribution in [3.05, 3.63) is 18.0 Å². The minimum absolute atomic E-state index is 0.0278. The van der Waals surface area contributed by atoms with E-state index in [9.17, 15) is 13.5 Å². The summed E-state index contributed by atoms with van der Waals surface area (Å²) in [6, 6.07) is 1.58. The fraction of sp³-hybridized carbons (Fsp3) is 0.692. The minimum atomic E-state index is -3.49. The Morgan fingerprint density at radius 1 is 1.50 bits per heavy atom. The predicted octanol–water partition coefficient (Wildman–Crippen LogP) is 1.56. The summed E-state index contributed by atoms with van der Waals surface area (Å²) in [4.78, 5) is 0.246. The molecule has 0 bridgehead atoms. The van der Waals surface area contributed by atoms with Crippen LogP contribution in [0.15, 0.2) is 17.2 Å². The van der Waals surface area contributed by atoms with Crippen molar-refractivity contribution in [3.8, 4) is 0 Å². The molecule has 114 valence electrons. The lowest BCUT2D eigenvalue weighted by Crippen LogP contribution is -2.33. The molecule has 1 aromatic rings. The third-order valence-electron chi connectivity index (χ3n) is 3.81. The number of aliphatic hydroxyl groups is 1. The second-order valence-electron chi connectivity index (χ2n) is 5.10. The van der Waals surface area contributed by atoms with E-state index in [1.54, 1.807) is 28.6 Å². The zero-order valence-corrected chi connectivity index (χ0v) is 13.5. The van der Waals surface area contributed by atoms with E-state index in [4.69, 9.17) is 0 Å². The predicted molar refractivity (Wildman–Crippen MR) is 81.3 cm³/mol. The number of aliphatic hydroxyl groups excluding tert-OH is 1. The topological polar surface area (TPSA) is 71.3 Å². The lowest BCUT2D eigenvalue weighted by Gasteiger charge is -2.12. The van der Waals surface area contributed by atoms with E-state index in [2.05, 4.69) is 11.0 Å². The SMILES string of the molecule is CCn1cc(S(=O)(=O)NC2CCC(SC)C2)cc1CO. The second-order valence-corrected chi connectivity index (χ2v) is 7.95. The molecule has 0 spiro atoms. The summed E-state index contributed by atoms with van der Waals surface area (Å²) in [5.74, 6) is 0. The summed E-state index contributed by atoms with van der Waals surface area (Å²) in [5.41, 5.74) is 0.626. The third-order valence-corrected chi connectivity index (χ3v) is 6.40. The summed E-state index contributed by atoms with van der Waals surface area (Å²) in [6.45, 7) is 2.41. The van der Waals surface area contributed by atoms with Gasteiger partial charge in [0.25, 0.3) is 0 Å². The van der Waals surface area contributed by atoms with Crippen molar-refractivity contribution in [3.63, 3.8) is 0 Å². The van der Waals surface area contributed by atoms with E-state index in [0.717, 1.165) is 19.3 Å². The van der Waals surface area contributed by atoms with E-state index < -0.39 is 10.0 Å². The highest BCUT2D eigenvalue weighted by molar-refractivity contribution is 7.99. The minimum Gasteiger partial charge on any atom is -0.390 e. The average molecular weight is 318 g/mol. The summed E-state index contributed by atoms with van der Waals surface area (Å²) in [6.07, 6.45) is 6.51. The first-order chi connectivity index (χ1) is 9.50. The van der Waals surface area contributed by atoms with Crippen molar-refractivity contribution >= 4 is 21.8 Å². The second kappa shape index (κ2) is 6.51. The van der Waals surface area contributed by atoms with Gasteiger partial charge < -0.3 is 9.67 Å². The fourth-order valence-electron chi connectivity index (χ4n) is 2.65. The lowest BCUT2D eigenvalue weighted by molar-refractivity contribution is 0.271. The third kappa shape index (κ3) is 3.39. The Kier molecular flexibility index (Phi) is 5.17. The normalized spacial score (nSPS) is 23.4. The molecule has 1 fully saturated rings. The van der Waals surface area contributed by atoms with Gasteiger partial charge in [0.1, 0.15) is 0 Å². The maximum atomic E-state index is 12.4. The number of sulfonamides is 1. The molecular formula is C13H22N2O3S2. The zero-order chi connectivity index (χ0) is 14.8. The molecule has 5 nitrogen and oxygen atoms in total. The van der Waals surface area contributed by atoms with Gasteiger partial charge in [-0.3, -0.25) is 0 Å². The maximum absolute atomic E-state index is 12.4. The molecule has 2 unspecified atom stereocenters. The Hall–Kier alpha value is -0.500.